The summed E-state index contributed by atoms with van der Waals surface area (Å²) >= 11 is 0. The van der Waals surface area contributed by atoms with Crippen molar-refractivity contribution in [2.75, 3.05) is 0 Å². The van der Waals surface area contributed by atoms with Crippen LogP contribution in [0.5, 0.6) is 0 Å². The van der Waals surface area contributed by atoms with Crippen LogP contribution in [0.15, 0.2) is 30.3 Å². The molecule has 1 aromatic carbocycles. The first-order valence-corrected chi connectivity index (χ1v) is 14.3. The minimum absolute atomic E-state index is 0.0506. The summed E-state index contributed by atoms with van der Waals surface area (Å²) in [5.41, 5.74) is -3.22. The Kier molecular flexibility index (Phi) is 7.36. The molecule has 0 amide bonds. The van der Waals surface area contributed by atoms with Crippen molar-refractivity contribution in [2.24, 2.45) is 23.2 Å². The molecule has 1 spiro atoms. The second-order valence-corrected chi connectivity index (χ2v) is 13.0. The Morgan fingerprint density at radius 3 is 2.15 bits per heavy atom. The number of aliphatic hydroxyl groups is 1. The molecule has 2 bridgehead atoms. The van der Waals surface area contributed by atoms with Crippen LogP contribution in [0.4, 0.5) is 0 Å². The van der Waals surface area contributed by atoms with Gasteiger partial charge in [0, 0.05) is 31.6 Å². The van der Waals surface area contributed by atoms with E-state index in [1.165, 1.54) is 13.8 Å². The van der Waals surface area contributed by atoms with Crippen LogP contribution in [0, 0.1) is 23.2 Å². The van der Waals surface area contributed by atoms with Gasteiger partial charge in [-0.1, -0.05) is 45.9 Å². The second-order valence-electron chi connectivity index (χ2n) is 13.0. The minimum atomic E-state index is -1.40. The SMILES string of the molecule is CC(=O)O[C@@H]1C[C@@H](OC(C)=O)[C@@]2(C)O[C@@H]2[C@H]2[C@@H](OC(=O)c3ccccc3)[C@@H](C)C[C@@]23O[C@H]([C@H](C)C3=O)[C@H](O)C1(C)C. The summed E-state index contributed by atoms with van der Waals surface area (Å²) in [5.74, 6) is -3.52. The van der Waals surface area contributed by atoms with Gasteiger partial charge in [-0.2, -0.15) is 0 Å². The number of aliphatic hydroxyl groups excluding tert-OH is 1. The van der Waals surface area contributed by atoms with Gasteiger partial charge >= 0.3 is 17.9 Å². The van der Waals surface area contributed by atoms with Crippen molar-refractivity contribution in [3.8, 4) is 0 Å². The van der Waals surface area contributed by atoms with Crippen molar-refractivity contribution < 1.29 is 48.0 Å². The quantitative estimate of drug-likeness (QED) is 0.325. The van der Waals surface area contributed by atoms with Crippen LogP contribution in [0.1, 0.15) is 71.7 Å². The smallest absolute Gasteiger partial charge is 0.338 e. The van der Waals surface area contributed by atoms with E-state index < -0.39 is 83.0 Å². The van der Waals surface area contributed by atoms with E-state index in [0.717, 1.165) is 0 Å². The monoisotopic (exact) mass is 572 g/mol. The molecule has 3 saturated heterocycles. The number of ketones is 1. The molecule has 10 heteroatoms. The lowest BCUT2D eigenvalue weighted by Gasteiger charge is -2.41. The lowest BCUT2D eigenvalue weighted by atomic mass is 9.70. The fraction of sp³-hybridized carbons (Fsp3) is 0.677. The van der Waals surface area contributed by atoms with E-state index in [0.29, 0.717) is 5.56 Å². The van der Waals surface area contributed by atoms with Crippen molar-refractivity contribution in [3.05, 3.63) is 35.9 Å². The summed E-state index contributed by atoms with van der Waals surface area (Å²) < 4.78 is 30.6. The van der Waals surface area contributed by atoms with Gasteiger partial charge in [0.2, 0.25) is 0 Å². The fourth-order valence-electron chi connectivity index (χ4n) is 7.43. The molecule has 1 N–H and O–H groups in total. The van der Waals surface area contributed by atoms with E-state index in [-0.39, 0.29) is 24.5 Å². The van der Waals surface area contributed by atoms with Gasteiger partial charge in [-0.3, -0.25) is 14.4 Å². The van der Waals surface area contributed by atoms with Crippen LogP contribution < -0.4 is 0 Å². The van der Waals surface area contributed by atoms with Crippen molar-refractivity contribution in [2.45, 2.75) is 109 Å². The first-order valence-electron chi connectivity index (χ1n) is 14.3. The van der Waals surface area contributed by atoms with E-state index in [9.17, 15) is 24.3 Å². The summed E-state index contributed by atoms with van der Waals surface area (Å²) in [6, 6.07) is 8.60. The van der Waals surface area contributed by atoms with Gasteiger partial charge in [0.25, 0.3) is 0 Å². The van der Waals surface area contributed by atoms with Gasteiger partial charge in [-0.25, -0.2) is 4.79 Å². The van der Waals surface area contributed by atoms with E-state index in [2.05, 4.69) is 0 Å². The predicted octanol–water partition coefficient (Wildman–Crippen LogP) is 3.02. The Bertz CT molecular complexity index is 1230. The highest BCUT2D eigenvalue weighted by Crippen LogP contribution is 2.61. The molecule has 11 atom stereocenters. The number of benzene rings is 1. The Morgan fingerprint density at radius 1 is 0.927 bits per heavy atom. The molecule has 5 rings (SSSR count). The molecule has 224 valence electrons. The predicted molar refractivity (Wildman–Crippen MR) is 143 cm³/mol. The number of Topliss-reactive ketones (excluding diaryl/α,β-unsaturated/α-hetero) is 1. The van der Waals surface area contributed by atoms with Gasteiger partial charge in [0.1, 0.15) is 35.6 Å². The van der Waals surface area contributed by atoms with Gasteiger partial charge in [-0.15, -0.1) is 0 Å². The van der Waals surface area contributed by atoms with Gasteiger partial charge < -0.3 is 28.8 Å². The number of rotatable bonds is 4. The van der Waals surface area contributed by atoms with Crippen LogP contribution >= 0.6 is 0 Å². The van der Waals surface area contributed by atoms with Gasteiger partial charge in [-0.05, 0) is 31.4 Å². The Labute approximate surface area is 240 Å². The molecule has 0 unspecified atom stereocenters. The van der Waals surface area contributed by atoms with Crippen molar-refractivity contribution >= 4 is 23.7 Å². The third kappa shape index (κ3) is 4.77. The van der Waals surface area contributed by atoms with Gasteiger partial charge in [0.15, 0.2) is 5.78 Å². The molecule has 0 radical (unpaired) electrons. The lowest BCUT2D eigenvalue weighted by molar-refractivity contribution is -0.184. The molecule has 0 aromatic heterocycles. The second kappa shape index (κ2) is 10.2. The number of hydrogen-bond acceptors (Lipinski definition) is 10. The van der Waals surface area contributed by atoms with E-state index in [1.807, 2.05) is 6.92 Å². The summed E-state index contributed by atoms with van der Waals surface area (Å²) in [4.78, 5) is 51.9. The molecule has 3 aliphatic heterocycles. The van der Waals surface area contributed by atoms with E-state index >= 15 is 0 Å². The molecule has 4 fully saturated rings. The molecular formula is C31H40O10. The van der Waals surface area contributed by atoms with Crippen LogP contribution in [-0.4, -0.2) is 76.6 Å². The van der Waals surface area contributed by atoms with Crippen molar-refractivity contribution in [3.63, 3.8) is 0 Å². The Hall–Kier alpha value is -2.82. The number of ether oxygens (including phenoxy) is 5. The molecule has 41 heavy (non-hydrogen) atoms. The third-order valence-electron chi connectivity index (χ3n) is 9.80. The van der Waals surface area contributed by atoms with Crippen LogP contribution in [0.2, 0.25) is 0 Å². The average Bonchev–Trinajstić information content (AvgIpc) is 3.42. The maximum absolute atomic E-state index is 14.2. The topological polar surface area (TPSA) is 138 Å². The largest absolute Gasteiger partial charge is 0.462 e. The molecule has 1 saturated carbocycles. The number of carbonyl (C=O) groups excluding carboxylic acids is 4. The fourth-order valence-corrected chi connectivity index (χ4v) is 7.43. The zero-order valence-electron chi connectivity index (χ0n) is 24.6. The molecule has 10 nitrogen and oxygen atoms in total. The standard InChI is InChI=1S/C31H40O10/c1-15-14-31-22(23(15)39-28(36)19-11-9-8-10-12-19)27-30(7,41-27)21(38-18(4)33)13-20(37-17(3)32)29(5,6)26(35)24(40-31)16(2)25(31)34/h8-12,15-16,20-24,26-27,35H,13-14H2,1-7H3/t15-,16-,20+,21+,22+,23-,24+,26-,27+,30+,31+/m0/s1. The lowest BCUT2D eigenvalue weighted by Crippen LogP contribution is -2.52. The highest BCUT2D eigenvalue weighted by molar-refractivity contribution is 5.93. The maximum atomic E-state index is 14.2. The number of esters is 3. The zero-order chi connectivity index (χ0) is 30.1. The summed E-state index contributed by atoms with van der Waals surface area (Å²) in [5, 5.41) is 11.8. The molecular weight excluding hydrogens is 532 g/mol. The van der Waals surface area contributed by atoms with Crippen LogP contribution in [0.25, 0.3) is 0 Å². The molecule has 1 aromatic rings. The first-order chi connectivity index (χ1) is 19.1. The summed E-state index contributed by atoms with van der Waals surface area (Å²) in [6.45, 7) is 11.5. The minimum Gasteiger partial charge on any atom is -0.462 e. The zero-order valence-corrected chi connectivity index (χ0v) is 24.6. The average molecular weight is 573 g/mol. The molecule has 1 aliphatic carbocycles. The Morgan fingerprint density at radius 2 is 1.54 bits per heavy atom. The number of fused-ring (bicyclic) bond motifs is 3. The Balaban J connectivity index is 1.62. The molecule has 4 aliphatic rings. The van der Waals surface area contributed by atoms with Crippen molar-refractivity contribution in [1.82, 2.24) is 0 Å². The summed E-state index contributed by atoms with van der Waals surface area (Å²) in [7, 11) is 0. The number of hydrogen-bond donors (Lipinski definition) is 1. The first kappa shape index (κ1) is 29.7. The van der Waals surface area contributed by atoms with Crippen molar-refractivity contribution in [1.29, 1.82) is 0 Å². The van der Waals surface area contributed by atoms with Crippen LogP contribution in [-0.2, 0) is 38.1 Å². The number of carbonyl (C=O) groups is 4. The van der Waals surface area contributed by atoms with Crippen LogP contribution in [0.3, 0.4) is 0 Å². The highest BCUT2D eigenvalue weighted by atomic mass is 16.7. The maximum Gasteiger partial charge on any atom is 0.338 e. The molecule has 3 heterocycles. The number of epoxide rings is 1. The van der Waals surface area contributed by atoms with E-state index in [1.54, 1.807) is 58.0 Å². The third-order valence-corrected chi connectivity index (χ3v) is 9.80. The normalized spacial score (nSPS) is 42.7. The highest BCUT2D eigenvalue weighted by Gasteiger charge is 2.76. The van der Waals surface area contributed by atoms with Gasteiger partial charge in [0.05, 0.1) is 23.7 Å². The summed E-state index contributed by atoms with van der Waals surface area (Å²) in [6.07, 6.45) is -5.03. The van der Waals surface area contributed by atoms with E-state index in [4.69, 9.17) is 23.7 Å².